The van der Waals surface area contributed by atoms with E-state index in [1.165, 1.54) is 5.56 Å². The zero-order valence-electron chi connectivity index (χ0n) is 15.3. The van der Waals surface area contributed by atoms with Gasteiger partial charge in [0.25, 0.3) is 0 Å². The standard InChI is InChI=1S/C21H23ClN2O2/c1-13(2)15-5-7-17(8-6-15)23-21(26)16-10-20(25)24(12-16)18-9-4-14(3)19(22)11-18/h4-9,11,13,16H,10,12H2,1-3H3,(H,23,26). The highest BCUT2D eigenvalue weighted by molar-refractivity contribution is 6.31. The largest absolute Gasteiger partial charge is 0.326 e. The first kappa shape index (κ1) is 18.5. The van der Waals surface area contributed by atoms with Crippen molar-refractivity contribution in [3.8, 4) is 0 Å². The summed E-state index contributed by atoms with van der Waals surface area (Å²) in [4.78, 5) is 26.6. The quantitative estimate of drug-likeness (QED) is 0.843. The second-order valence-electron chi connectivity index (χ2n) is 7.10. The maximum Gasteiger partial charge on any atom is 0.229 e. The Balaban J connectivity index is 1.67. The van der Waals surface area contributed by atoms with E-state index >= 15 is 0 Å². The molecule has 1 fully saturated rings. The molecule has 1 N–H and O–H groups in total. The van der Waals surface area contributed by atoms with Gasteiger partial charge in [0.05, 0.1) is 5.92 Å². The molecule has 3 rings (SSSR count). The summed E-state index contributed by atoms with van der Waals surface area (Å²) in [5, 5.41) is 3.54. The predicted octanol–water partition coefficient (Wildman–Crippen LogP) is 4.76. The minimum absolute atomic E-state index is 0.0553. The number of amides is 2. The van der Waals surface area contributed by atoms with Crippen LogP contribution < -0.4 is 10.2 Å². The van der Waals surface area contributed by atoms with Crippen molar-refractivity contribution in [1.29, 1.82) is 0 Å². The van der Waals surface area contributed by atoms with Gasteiger partial charge in [-0.05, 0) is 48.2 Å². The van der Waals surface area contributed by atoms with E-state index in [0.717, 1.165) is 16.9 Å². The van der Waals surface area contributed by atoms with Crippen molar-refractivity contribution in [1.82, 2.24) is 0 Å². The second-order valence-corrected chi connectivity index (χ2v) is 7.51. The van der Waals surface area contributed by atoms with Crippen LogP contribution in [0.25, 0.3) is 0 Å². The molecule has 1 aliphatic heterocycles. The zero-order valence-corrected chi connectivity index (χ0v) is 16.0. The first-order chi connectivity index (χ1) is 12.3. The van der Waals surface area contributed by atoms with E-state index in [-0.39, 0.29) is 24.2 Å². The molecule has 1 saturated heterocycles. The maximum atomic E-state index is 12.6. The monoisotopic (exact) mass is 370 g/mol. The van der Waals surface area contributed by atoms with Crippen LogP contribution in [0.5, 0.6) is 0 Å². The fraction of sp³-hybridized carbons (Fsp3) is 0.333. The summed E-state index contributed by atoms with van der Waals surface area (Å²) in [5.41, 5.74) is 3.67. The minimum Gasteiger partial charge on any atom is -0.326 e. The lowest BCUT2D eigenvalue weighted by Crippen LogP contribution is -2.28. The van der Waals surface area contributed by atoms with Crippen LogP contribution in [0.1, 0.15) is 37.3 Å². The van der Waals surface area contributed by atoms with Gasteiger partial charge in [0.15, 0.2) is 0 Å². The summed E-state index contributed by atoms with van der Waals surface area (Å²) >= 11 is 6.16. The Morgan fingerprint density at radius 1 is 1.19 bits per heavy atom. The molecule has 0 spiro atoms. The van der Waals surface area contributed by atoms with Crippen molar-refractivity contribution in [3.05, 3.63) is 58.6 Å². The first-order valence-electron chi connectivity index (χ1n) is 8.82. The van der Waals surface area contributed by atoms with E-state index in [9.17, 15) is 9.59 Å². The van der Waals surface area contributed by atoms with E-state index in [0.29, 0.717) is 17.5 Å². The summed E-state index contributed by atoms with van der Waals surface area (Å²) in [5.74, 6) is -0.106. The minimum atomic E-state index is -0.368. The summed E-state index contributed by atoms with van der Waals surface area (Å²) in [6.07, 6.45) is 0.210. The number of aryl methyl sites for hydroxylation is 1. The summed E-state index contributed by atoms with van der Waals surface area (Å²) in [6.45, 7) is 6.54. The van der Waals surface area contributed by atoms with Gasteiger partial charge in [-0.25, -0.2) is 0 Å². The van der Waals surface area contributed by atoms with E-state index in [1.54, 1.807) is 11.0 Å². The topological polar surface area (TPSA) is 49.4 Å². The normalized spacial score (nSPS) is 17.0. The Bertz CT molecular complexity index is 830. The number of carbonyl (C=O) groups is 2. The van der Waals surface area contributed by atoms with Crippen molar-refractivity contribution in [2.24, 2.45) is 5.92 Å². The molecule has 1 heterocycles. The number of nitrogens with zero attached hydrogens (tertiary/aromatic N) is 1. The van der Waals surface area contributed by atoms with Gasteiger partial charge < -0.3 is 10.2 Å². The Labute approximate surface area is 159 Å². The summed E-state index contributed by atoms with van der Waals surface area (Å²) in [7, 11) is 0. The van der Waals surface area contributed by atoms with Crippen molar-refractivity contribution in [2.45, 2.75) is 33.1 Å². The van der Waals surface area contributed by atoms with Gasteiger partial charge in [-0.15, -0.1) is 0 Å². The molecule has 2 amide bonds. The highest BCUT2D eigenvalue weighted by atomic mass is 35.5. The Morgan fingerprint density at radius 2 is 1.88 bits per heavy atom. The molecule has 136 valence electrons. The van der Waals surface area contributed by atoms with Crippen LogP contribution >= 0.6 is 11.6 Å². The third-order valence-corrected chi connectivity index (χ3v) is 5.22. The average Bonchev–Trinajstić information content (AvgIpc) is 3.00. The lowest BCUT2D eigenvalue weighted by atomic mass is 10.0. The molecule has 0 aliphatic carbocycles. The molecular weight excluding hydrogens is 348 g/mol. The SMILES string of the molecule is Cc1ccc(N2CC(C(=O)Nc3ccc(C(C)C)cc3)CC2=O)cc1Cl. The van der Waals surface area contributed by atoms with E-state index in [1.807, 2.05) is 43.3 Å². The smallest absolute Gasteiger partial charge is 0.229 e. The van der Waals surface area contributed by atoms with Crippen molar-refractivity contribution >= 4 is 34.8 Å². The van der Waals surface area contributed by atoms with Gasteiger partial charge in [0.2, 0.25) is 11.8 Å². The summed E-state index contributed by atoms with van der Waals surface area (Å²) in [6, 6.07) is 13.4. The molecule has 2 aromatic rings. The van der Waals surface area contributed by atoms with E-state index in [2.05, 4.69) is 19.2 Å². The molecule has 5 heteroatoms. The van der Waals surface area contributed by atoms with Crippen LogP contribution in [0, 0.1) is 12.8 Å². The Kier molecular flexibility index (Phi) is 5.33. The first-order valence-corrected chi connectivity index (χ1v) is 9.20. The number of rotatable bonds is 4. The van der Waals surface area contributed by atoms with Gasteiger partial charge in [-0.1, -0.05) is 43.6 Å². The Morgan fingerprint density at radius 3 is 2.50 bits per heavy atom. The van der Waals surface area contributed by atoms with Crippen LogP contribution in [0.4, 0.5) is 11.4 Å². The zero-order chi connectivity index (χ0) is 18.8. The number of halogens is 1. The number of nitrogens with one attached hydrogen (secondary N) is 1. The molecule has 1 atom stereocenters. The highest BCUT2D eigenvalue weighted by Gasteiger charge is 2.35. The van der Waals surface area contributed by atoms with Crippen molar-refractivity contribution in [2.75, 3.05) is 16.8 Å². The third kappa shape index (κ3) is 3.91. The van der Waals surface area contributed by atoms with E-state index in [4.69, 9.17) is 11.6 Å². The third-order valence-electron chi connectivity index (χ3n) is 4.81. The fourth-order valence-corrected chi connectivity index (χ4v) is 3.25. The number of hydrogen-bond donors (Lipinski definition) is 1. The molecule has 0 aromatic heterocycles. The maximum absolute atomic E-state index is 12.6. The van der Waals surface area contributed by atoms with Crippen LogP contribution in [-0.2, 0) is 9.59 Å². The molecular formula is C21H23ClN2O2. The molecule has 0 bridgehead atoms. The molecule has 0 saturated carbocycles. The van der Waals surface area contributed by atoms with Gasteiger partial charge in [0.1, 0.15) is 0 Å². The molecule has 4 nitrogen and oxygen atoms in total. The number of carbonyl (C=O) groups excluding carboxylic acids is 2. The van der Waals surface area contributed by atoms with Gasteiger partial charge >= 0.3 is 0 Å². The highest BCUT2D eigenvalue weighted by Crippen LogP contribution is 2.29. The number of anilines is 2. The predicted molar refractivity (Wildman–Crippen MR) is 106 cm³/mol. The molecule has 0 radical (unpaired) electrons. The van der Waals surface area contributed by atoms with Crippen LogP contribution in [0.2, 0.25) is 5.02 Å². The molecule has 1 unspecified atom stereocenters. The van der Waals surface area contributed by atoms with Crippen molar-refractivity contribution in [3.63, 3.8) is 0 Å². The fourth-order valence-electron chi connectivity index (χ4n) is 3.08. The van der Waals surface area contributed by atoms with E-state index < -0.39 is 0 Å². The lowest BCUT2D eigenvalue weighted by molar-refractivity contribution is -0.122. The van der Waals surface area contributed by atoms with Crippen LogP contribution in [0.3, 0.4) is 0 Å². The Hall–Kier alpha value is -2.33. The molecule has 26 heavy (non-hydrogen) atoms. The number of benzene rings is 2. The lowest BCUT2D eigenvalue weighted by Gasteiger charge is -2.17. The molecule has 1 aliphatic rings. The number of hydrogen-bond acceptors (Lipinski definition) is 2. The van der Waals surface area contributed by atoms with Gasteiger partial charge in [-0.2, -0.15) is 0 Å². The summed E-state index contributed by atoms with van der Waals surface area (Å²) < 4.78 is 0. The molecule has 2 aromatic carbocycles. The van der Waals surface area contributed by atoms with Crippen molar-refractivity contribution < 1.29 is 9.59 Å². The van der Waals surface area contributed by atoms with Crippen LogP contribution in [0.15, 0.2) is 42.5 Å². The van der Waals surface area contributed by atoms with Crippen LogP contribution in [-0.4, -0.2) is 18.4 Å². The van der Waals surface area contributed by atoms with Gasteiger partial charge in [-0.3, -0.25) is 9.59 Å². The van der Waals surface area contributed by atoms with Gasteiger partial charge in [0, 0.05) is 29.4 Å². The average molecular weight is 371 g/mol. The second kappa shape index (κ2) is 7.50.